The lowest BCUT2D eigenvalue weighted by molar-refractivity contribution is -0.144. The molecule has 1 N–H and O–H groups in total. The Kier molecular flexibility index (Phi) is 7.25. The summed E-state index contributed by atoms with van der Waals surface area (Å²) < 4.78 is 13.6. The van der Waals surface area contributed by atoms with Crippen molar-refractivity contribution in [1.82, 2.24) is 5.32 Å². The monoisotopic (exact) mass is 323 g/mol. The van der Waals surface area contributed by atoms with Crippen molar-refractivity contribution in [3.63, 3.8) is 0 Å². The van der Waals surface area contributed by atoms with Crippen molar-refractivity contribution >= 4 is 24.0 Å². The Morgan fingerprint density at radius 2 is 1.70 bits per heavy atom. The first-order chi connectivity index (χ1) is 11.0. The van der Waals surface area contributed by atoms with Gasteiger partial charge >= 0.3 is 24.0 Å². The van der Waals surface area contributed by atoms with E-state index in [0.29, 0.717) is 0 Å². The number of amides is 1. The van der Waals surface area contributed by atoms with E-state index in [2.05, 4.69) is 19.5 Å². The first-order valence-electron chi connectivity index (χ1n) is 6.70. The van der Waals surface area contributed by atoms with Crippen LogP contribution < -0.4 is 5.32 Å². The van der Waals surface area contributed by atoms with Gasteiger partial charge in [0.15, 0.2) is 0 Å². The maximum atomic E-state index is 11.7. The van der Waals surface area contributed by atoms with E-state index >= 15 is 0 Å². The number of esters is 3. The summed E-state index contributed by atoms with van der Waals surface area (Å²) >= 11 is 0. The number of benzene rings is 1. The van der Waals surface area contributed by atoms with Crippen LogP contribution in [0.5, 0.6) is 0 Å². The van der Waals surface area contributed by atoms with Gasteiger partial charge in [-0.2, -0.15) is 0 Å². The molecule has 0 spiro atoms. The number of alkyl carbamates (subject to hydrolysis) is 1. The third-order valence-electron chi connectivity index (χ3n) is 2.84. The fraction of sp³-hybridized carbons (Fsp3) is 0.333. The molecule has 1 amide bonds. The summed E-state index contributed by atoms with van der Waals surface area (Å²) in [6.07, 6.45) is -1.27. The minimum Gasteiger partial charge on any atom is -0.469 e. The van der Waals surface area contributed by atoms with Gasteiger partial charge in [0.2, 0.25) is 0 Å². The lowest BCUT2D eigenvalue weighted by Crippen LogP contribution is -2.42. The minimum atomic E-state index is -1.13. The maximum Gasteiger partial charge on any atom is 0.415 e. The summed E-state index contributed by atoms with van der Waals surface area (Å²) in [5.41, 5.74) is 0.187. The molecule has 0 aliphatic rings. The Morgan fingerprint density at radius 1 is 1.04 bits per heavy atom. The highest BCUT2D eigenvalue weighted by molar-refractivity contribution is 5.97. The van der Waals surface area contributed by atoms with E-state index < -0.39 is 30.0 Å². The van der Waals surface area contributed by atoms with Gasteiger partial charge < -0.3 is 19.5 Å². The van der Waals surface area contributed by atoms with Gasteiger partial charge in [0.1, 0.15) is 6.04 Å². The highest BCUT2D eigenvalue weighted by atomic mass is 16.6. The van der Waals surface area contributed by atoms with Crippen LogP contribution in [0.1, 0.15) is 23.2 Å². The van der Waals surface area contributed by atoms with E-state index in [1.807, 2.05) is 0 Å². The topological polar surface area (TPSA) is 108 Å². The highest BCUT2D eigenvalue weighted by Crippen LogP contribution is 2.04. The van der Waals surface area contributed by atoms with Gasteiger partial charge in [-0.05, 0) is 18.6 Å². The van der Waals surface area contributed by atoms with Gasteiger partial charge in [-0.1, -0.05) is 18.2 Å². The maximum absolute atomic E-state index is 11.7. The summed E-state index contributed by atoms with van der Waals surface area (Å²) in [4.78, 5) is 46.1. The van der Waals surface area contributed by atoms with Crippen molar-refractivity contribution in [2.45, 2.75) is 18.9 Å². The molecule has 1 unspecified atom stereocenters. The molecular formula is C15H17NO7. The van der Waals surface area contributed by atoms with E-state index in [0.717, 1.165) is 7.11 Å². The van der Waals surface area contributed by atoms with Gasteiger partial charge in [0.25, 0.3) is 0 Å². The summed E-state index contributed by atoms with van der Waals surface area (Å²) in [6, 6.07) is 6.76. The lowest BCUT2D eigenvalue weighted by Gasteiger charge is -2.15. The van der Waals surface area contributed by atoms with Crippen LogP contribution in [-0.4, -0.2) is 44.3 Å². The third kappa shape index (κ3) is 6.16. The fourth-order valence-corrected chi connectivity index (χ4v) is 1.64. The van der Waals surface area contributed by atoms with Crippen LogP contribution in [0.2, 0.25) is 0 Å². The molecule has 1 atom stereocenters. The second kappa shape index (κ2) is 9.19. The third-order valence-corrected chi connectivity index (χ3v) is 2.84. The molecule has 0 bridgehead atoms. The van der Waals surface area contributed by atoms with Crippen LogP contribution >= 0.6 is 0 Å². The zero-order valence-electron chi connectivity index (χ0n) is 12.7. The summed E-state index contributed by atoms with van der Waals surface area (Å²) in [6.45, 7) is 0. The van der Waals surface area contributed by atoms with E-state index in [1.165, 1.54) is 19.2 Å². The Hall–Kier alpha value is -2.90. The van der Waals surface area contributed by atoms with Gasteiger partial charge in [0.05, 0.1) is 19.8 Å². The summed E-state index contributed by atoms with van der Waals surface area (Å²) in [7, 11) is 2.34. The molecule has 0 saturated heterocycles. The van der Waals surface area contributed by atoms with Crippen LogP contribution in [0.25, 0.3) is 0 Å². The largest absolute Gasteiger partial charge is 0.469 e. The second-order valence-corrected chi connectivity index (χ2v) is 4.38. The predicted molar refractivity (Wildman–Crippen MR) is 77.4 cm³/mol. The zero-order valence-corrected chi connectivity index (χ0v) is 12.7. The molecule has 0 aliphatic heterocycles. The first kappa shape index (κ1) is 18.1. The number of carbonyl (C=O) groups excluding carboxylic acids is 4. The van der Waals surface area contributed by atoms with Gasteiger partial charge in [-0.25, -0.2) is 14.4 Å². The number of rotatable bonds is 6. The zero-order chi connectivity index (χ0) is 17.2. The molecule has 0 heterocycles. The molecule has 124 valence electrons. The SMILES string of the molecule is COC(=O)CCC(NC(=O)OC(=O)c1ccccc1)C(=O)OC. The Balaban J connectivity index is 2.60. The molecule has 23 heavy (non-hydrogen) atoms. The second-order valence-electron chi connectivity index (χ2n) is 4.38. The molecule has 0 fully saturated rings. The van der Waals surface area contributed by atoms with Crippen molar-refractivity contribution in [2.75, 3.05) is 14.2 Å². The van der Waals surface area contributed by atoms with E-state index in [1.54, 1.807) is 18.2 Å². The Bertz CT molecular complexity index is 570. The number of carbonyl (C=O) groups is 4. The number of ether oxygens (including phenoxy) is 3. The van der Waals surface area contributed by atoms with Crippen LogP contribution in [-0.2, 0) is 23.8 Å². The van der Waals surface area contributed by atoms with Crippen molar-refractivity contribution in [3.05, 3.63) is 35.9 Å². The lowest BCUT2D eigenvalue weighted by atomic mass is 10.1. The van der Waals surface area contributed by atoms with E-state index in [9.17, 15) is 19.2 Å². The smallest absolute Gasteiger partial charge is 0.415 e. The average molecular weight is 323 g/mol. The summed E-state index contributed by atoms with van der Waals surface area (Å²) in [5.74, 6) is -2.17. The predicted octanol–water partition coefficient (Wildman–Crippen LogP) is 1.05. The fourth-order valence-electron chi connectivity index (χ4n) is 1.64. The van der Waals surface area contributed by atoms with Crippen LogP contribution in [0.4, 0.5) is 4.79 Å². The minimum absolute atomic E-state index is 0.0476. The Morgan fingerprint density at radius 3 is 2.26 bits per heavy atom. The van der Waals surface area contributed by atoms with Crippen LogP contribution in [0.15, 0.2) is 30.3 Å². The quantitative estimate of drug-likeness (QED) is 0.473. The molecule has 1 aromatic carbocycles. The van der Waals surface area contributed by atoms with Crippen molar-refractivity contribution < 1.29 is 33.4 Å². The number of hydrogen-bond acceptors (Lipinski definition) is 7. The molecule has 8 nitrogen and oxygen atoms in total. The van der Waals surface area contributed by atoms with Crippen LogP contribution in [0, 0.1) is 0 Å². The molecule has 0 saturated carbocycles. The standard InChI is InChI=1S/C15H17NO7/c1-21-12(17)9-8-11(14(19)22-2)16-15(20)23-13(18)10-6-4-3-5-7-10/h3-7,11H,8-9H2,1-2H3,(H,16,20). The molecular weight excluding hydrogens is 306 g/mol. The normalized spacial score (nSPS) is 11.0. The molecule has 8 heteroatoms. The highest BCUT2D eigenvalue weighted by Gasteiger charge is 2.24. The van der Waals surface area contributed by atoms with Gasteiger partial charge in [-0.15, -0.1) is 0 Å². The Labute approximate surface area is 132 Å². The number of methoxy groups -OCH3 is 2. The van der Waals surface area contributed by atoms with Crippen LogP contribution in [0.3, 0.4) is 0 Å². The number of hydrogen-bond donors (Lipinski definition) is 1. The van der Waals surface area contributed by atoms with Crippen molar-refractivity contribution in [3.8, 4) is 0 Å². The molecule has 1 rings (SSSR count). The van der Waals surface area contributed by atoms with E-state index in [-0.39, 0.29) is 18.4 Å². The average Bonchev–Trinajstić information content (AvgIpc) is 2.58. The van der Waals surface area contributed by atoms with Crippen molar-refractivity contribution in [2.24, 2.45) is 0 Å². The molecule has 1 aromatic rings. The number of nitrogens with one attached hydrogen (secondary N) is 1. The first-order valence-corrected chi connectivity index (χ1v) is 6.70. The van der Waals surface area contributed by atoms with E-state index in [4.69, 9.17) is 0 Å². The van der Waals surface area contributed by atoms with Crippen molar-refractivity contribution in [1.29, 1.82) is 0 Å². The van der Waals surface area contributed by atoms with Gasteiger partial charge in [-0.3, -0.25) is 4.79 Å². The summed E-state index contributed by atoms with van der Waals surface area (Å²) in [5, 5.41) is 2.18. The van der Waals surface area contributed by atoms with Gasteiger partial charge in [0, 0.05) is 6.42 Å². The molecule has 0 radical (unpaired) electrons. The molecule has 0 aromatic heterocycles. The molecule has 0 aliphatic carbocycles.